The molecular formula is C13H15F2N5O2S. The highest BCUT2D eigenvalue weighted by Gasteiger charge is 2.15. The van der Waals surface area contributed by atoms with Crippen molar-refractivity contribution in [1.82, 2.24) is 15.5 Å². The SMILES string of the molecule is Cc1cc(OC(F)F)ccc1NC(=O)N[C@@H](C)c1nnc(N)s1. The van der Waals surface area contributed by atoms with Crippen molar-refractivity contribution in [3.05, 3.63) is 28.8 Å². The highest BCUT2D eigenvalue weighted by Crippen LogP contribution is 2.23. The summed E-state index contributed by atoms with van der Waals surface area (Å²) >= 11 is 1.18. The number of benzene rings is 1. The number of anilines is 2. The van der Waals surface area contributed by atoms with Gasteiger partial charge in [-0.25, -0.2) is 4.79 Å². The van der Waals surface area contributed by atoms with Crippen LogP contribution >= 0.6 is 11.3 Å². The summed E-state index contributed by atoms with van der Waals surface area (Å²) in [5.74, 6) is 0.0289. The maximum Gasteiger partial charge on any atom is 0.387 e. The topological polar surface area (TPSA) is 102 Å². The van der Waals surface area contributed by atoms with Gasteiger partial charge in [-0.05, 0) is 37.6 Å². The lowest BCUT2D eigenvalue weighted by Crippen LogP contribution is -2.31. The molecule has 7 nitrogen and oxygen atoms in total. The number of aryl methyl sites for hydroxylation is 1. The van der Waals surface area contributed by atoms with Crippen LogP contribution in [-0.2, 0) is 0 Å². The second-order valence-corrected chi connectivity index (χ2v) is 5.69. The van der Waals surface area contributed by atoms with Crippen molar-refractivity contribution in [2.75, 3.05) is 11.1 Å². The van der Waals surface area contributed by atoms with Gasteiger partial charge in [0.25, 0.3) is 0 Å². The number of carbonyl (C=O) groups is 1. The van der Waals surface area contributed by atoms with E-state index in [0.717, 1.165) is 0 Å². The van der Waals surface area contributed by atoms with Crippen molar-refractivity contribution >= 4 is 28.2 Å². The van der Waals surface area contributed by atoms with Gasteiger partial charge in [-0.15, -0.1) is 10.2 Å². The highest BCUT2D eigenvalue weighted by atomic mass is 32.1. The van der Waals surface area contributed by atoms with Gasteiger partial charge < -0.3 is 21.1 Å². The minimum atomic E-state index is -2.89. The van der Waals surface area contributed by atoms with Crippen molar-refractivity contribution < 1.29 is 18.3 Å². The van der Waals surface area contributed by atoms with E-state index in [0.29, 0.717) is 21.4 Å². The fraction of sp³-hybridized carbons (Fsp3) is 0.308. The maximum absolute atomic E-state index is 12.1. The van der Waals surface area contributed by atoms with Crippen molar-refractivity contribution in [2.24, 2.45) is 0 Å². The number of hydrogen-bond acceptors (Lipinski definition) is 6. The summed E-state index contributed by atoms with van der Waals surface area (Å²) in [5.41, 5.74) is 6.56. The average molecular weight is 343 g/mol. The number of urea groups is 1. The Bertz CT molecular complexity index is 695. The molecule has 0 bridgehead atoms. The molecule has 0 saturated heterocycles. The van der Waals surface area contributed by atoms with Crippen LogP contribution in [0, 0.1) is 6.92 Å². The van der Waals surface area contributed by atoms with E-state index in [1.807, 2.05) is 0 Å². The fourth-order valence-electron chi connectivity index (χ4n) is 1.79. The lowest BCUT2D eigenvalue weighted by molar-refractivity contribution is -0.0498. The summed E-state index contributed by atoms with van der Waals surface area (Å²) in [6.07, 6.45) is 0. The molecule has 124 valence electrons. The minimum Gasteiger partial charge on any atom is -0.435 e. The van der Waals surface area contributed by atoms with Crippen LogP contribution in [0.15, 0.2) is 18.2 Å². The van der Waals surface area contributed by atoms with E-state index in [4.69, 9.17) is 5.73 Å². The first kappa shape index (κ1) is 16.9. The van der Waals surface area contributed by atoms with Crippen molar-refractivity contribution in [3.8, 4) is 5.75 Å². The molecule has 10 heteroatoms. The molecule has 0 aliphatic heterocycles. The molecule has 1 aromatic heterocycles. The second kappa shape index (κ2) is 7.18. The van der Waals surface area contributed by atoms with E-state index in [-0.39, 0.29) is 11.8 Å². The summed E-state index contributed by atoms with van der Waals surface area (Å²) < 4.78 is 28.6. The second-order valence-electron chi connectivity index (χ2n) is 4.65. The van der Waals surface area contributed by atoms with Crippen LogP contribution in [0.2, 0.25) is 0 Å². The van der Waals surface area contributed by atoms with E-state index in [1.165, 1.54) is 29.5 Å². The van der Waals surface area contributed by atoms with Crippen LogP contribution in [0.4, 0.5) is 24.4 Å². The number of nitrogens with zero attached hydrogens (tertiary/aromatic N) is 2. The number of nitrogens with one attached hydrogen (secondary N) is 2. The zero-order valence-corrected chi connectivity index (χ0v) is 13.2. The minimum absolute atomic E-state index is 0.0289. The van der Waals surface area contributed by atoms with Crippen LogP contribution in [0.5, 0.6) is 5.75 Å². The molecule has 0 fully saturated rings. The van der Waals surface area contributed by atoms with Crippen LogP contribution in [0.25, 0.3) is 0 Å². The molecule has 23 heavy (non-hydrogen) atoms. The Morgan fingerprint density at radius 1 is 1.39 bits per heavy atom. The molecule has 0 aliphatic carbocycles. The average Bonchev–Trinajstić information content (AvgIpc) is 2.88. The highest BCUT2D eigenvalue weighted by molar-refractivity contribution is 7.15. The largest absolute Gasteiger partial charge is 0.435 e. The first-order valence-corrected chi connectivity index (χ1v) is 7.38. The molecule has 1 heterocycles. The van der Waals surface area contributed by atoms with Crippen LogP contribution in [0.1, 0.15) is 23.5 Å². The Morgan fingerprint density at radius 3 is 2.70 bits per heavy atom. The van der Waals surface area contributed by atoms with Gasteiger partial charge in [0, 0.05) is 5.69 Å². The van der Waals surface area contributed by atoms with Gasteiger partial charge in [0.05, 0.1) is 6.04 Å². The van der Waals surface area contributed by atoms with Crippen molar-refractivity contribution in [3.63, 3.8) is 0 Å². The van der Waals surface area contributed by atoms with Crippen LogP contribution in [-0.4, -0.2) is 22.8 Å². The summed E-state index contributed by atoms with van der Waals surface area (Å²) in [6.45, 7) is 0.520. The predicted octanol–water partition coefficient (Wildman–Crippen LogP) is 2.91. The molecule has 4 N–H and O–H groups in total. The zero-order valence-electron chi connectivity index (χ0n) is 12.3. The molecule has 2 amide bonds. The molecule has 0 radical (unpaired) electrons. The number of hydrogen-bond donors (Lipinski definition) is 3. The van der Waals surface area contributed by atoms with Crippen molar-refractivity contribution in [2.45, 2.75) is 26.5 Å². The Hall–Kier alpha value is -2.49. The molecule has 0 saturated carbocycles. The van der Waals surface area contributed by atoms with E-state index >= 15 is 0 Å². The Morgan fingerprint density at radius 2 is 2.13 bits per heavy atom. The smallest absolute Gasteiger partial charge is 0.387 e. The van der Waals surface area contributed by atoms with Gasteiger partial charge >= 0.3 is 12.6 Å². The number of nitrogens with two attached hydrogens (primary N) is 1. The molecule has 1 atom stereocenters. The number of halogens is 2. The van der Waals surface area contributed by atoms with Gasteiger partial charge in [-0.1, -0.05) is 11.3 Å². The van der Waals surface area contributed by atoms with E-state index in [2.05, 4.69) is 25.6 Å². The van der Waals surface area contributed by atoms with Crippen molar-refractivity contribution in [1.29, 1.82) is 0 Å². The number of nitrogen functional groups attached to an aromatic ring is 1. The van der Waals surface area contributed by atoms with Gasteiger partial charge in [-0.3, -0.25) is 0 Å². The molecule has 2 rings (SSSR count). The Kier molecular flexibility index (Phi) is 5.27. The zero-order chi connectivity index (χ0) is 17.0. The summed E-state index contributed by atoms with van der Waals surface area (Å²) in [6, 6.07) is 3.42. The standard InChI is InChI=1S/C13H15F2N5O2S/c1-6-5-8(22-11(14)15)3-4-9(6)18-13(21)17-7(2)10-19-20-12(16)23-10/h3-5,7,11H,1-2H3,(H2,16,20)(H2,17,18,21)/t7-/m0/s1. The summed E-state index contributed by atoms with van der Waals surface area (Å²) in [4.78, 5) is 12.0. The maximum atomic E-state index is 12.1. The predicted molar refractivity (Wildman–Crippen MR) is 82.7 cm³/mol. The van der Waals surface area contributed by atoms with E-state index in [1.54, 1.807) is 13.8 Å². The quantitative estimate of drug-likeness (QED) is 0.775. The van der Waals surface area contributed by atoms with E-state index < -0.39 is 12.6 Å². The molecule has 0 unspecified atom stereocenters. The number of rotatable bonds is 5. The monoisotopic (exact) mass is 343 g/mol. The molecule has 0 spiro atoms. The van der Waals surface area contributed by atoms with Gasteiger partial charge in [0.15, 0.2) is 0 Å². The first-order valence-electron chi connectivity index (χ1n) is 6.57. The number of amides is 2. The molecule has 0 aliphatic rings. The molecule has 1 aromatic carbocycles. The molecule has 2 aromatic rings. The third kappa shape index (κ3) is 4.74. The van der Waals surface area contributed by atoms with Gasteiger partial charge in [0.1, 0.15) is 10.8 Å². The lowest BCUT2D eigenvalue weighted by Gasteiger charge is -2.14. The summed E-state index contributed by atoms with van der Waals surface area (Å²) in [7, 11) is 0. The Labute approximate surface area is 134 Å². The number of carbonyl (C=O) groups excluding carboxylic acids is 1. The lowest BCUT2D eigenvalue weighted by atomic mass is 10.2. The Balaban J connectivity index is 1.97. The number of aromatic nitrogens is 2. The summed E-state index contributed by atoms with van der Waals surface area (Å²) in [5, 5.41) is 13.7. The third-order valence-corrected chi connectivity index (χ3v) is 3.78. The van der Waals surface area contributed by atoms with Crippen LogP contribution < -0.4 is 21.1 Å². The first-order chi connectivity index (χ1) is 10.8. The van der Waals surface area contributed by atoms with Gasteiger partial charge in [-0.2, -0.15) is 8.78 Å². The normalized spacial score (nSPS) is 12.0. The number of alkyl halides is 2. The third-order valence-electron chi connectivity index (χ3n) is 2.85. The van der Waals surface area contributed by atoms with Crippen LogP contribution in [0.3, 0.4) is 0 Å². The molecular weight excluding hydrogens is 328 g/mol. The van der Waals surface area contributed by atoms with Gasteiger partial charge in [0.2, 0.25) is 5.13 Å². The van der Waals surface area contributed by atoms with E-state index in [9.17, 15) is 13.6 Å². The fourth-order valence-corrected chi connectivity index (χ4v) is 2.40. The number of ether oxygens (including phenoxy) is 1.